The van der Waals surface area contributed by atoms with Gasteiger partial charge in [0, 0.05) is 6.42 Å². The van der Waals surface area contributed by atoms with Crippen LogP contribution in [-0.4, -0.2) is 18.9 Å². The molecule has 0 bridgehead atoms. The largest absolute Gasteiger partial charge is 0.308 e. The zero-order chi connectivity index (χ0) is 7.33. The second kappa shape index (κ2) is 3.26. The Kier molecular flexibility index (Phi) is 2.97. The van der Waals surface area contributed by atoms with Gasteiger partial charge in [-0.1, -0.05) is 0 Å². The molecule has 0 saturated carbocycles. The molecular weight excluding hydrogens is 114 g/mol. The number of rotatable bonds is 3. The summed E-state index contributed by atoms with van der Waals surface area (Å²) in [6.45, 7) is 1.76. The number of hydrogen-bond donors (Lipinski definition) is 1. The Labute approximate surface area is 55.6 Å². The van der Waals surface area contributed by atoms with Crippen LogP contribution in [0.3, 0.4) is 0 Å². The molecule has 0 aliphatic heterocycles. The minimum Gasteiger partial charge on any atom is -0.308 e. The summed E-state index contributed by atoms with van der Waals surface area (Å²) in [5.41, 5.74) is -0.533. The highest BCUT2D eigenvalue weighted by Gasteiger charge is 2.18. The van der Waals surface area contributed by atoms with Crippen molar-refractivity contribution in [1.29, 1.82) is 0 Å². The second-order valence-corrected chi connectivity index (χ2v) is 2.17. The summed E-state index contributed by atoms with van der Waals surface area (Å²) in [6, 6.07) is 0. The number of carbonyl (C=O) groups is 1. The van der Waals surface area contributed by atoms with E-state index in [-0.39, 0.29) is 0 Å². The summed E-state index contributed by atoms with van der Waals surface area (Å²) in [7, 11) is 1.71. The number of aldehydes is 1. The SMILES string of the molecule is C#CC[C@](C)(C=O)NC. The molecule has 1 atom stereocenters. The van der Waals surface area contributed by atoms with Gasteiger partial charge in [0.2, 0.25) is 0 Å². The second-order valence-electron chi connectivity index (χ2n) is 2.17. The van der Waals surface area contributed by atoms with Crippen LogP contribution in [0.1, 0.15) is 13.3 Å². The number of nitrogens with one attached hydrogen (secondary N) is 1. The number of carbonyl (C=O) groups excluding carboxylic acids is 1. The fourth-order valence-corrected chi connectivity index (χ4v) is 0.401. The average molecular weight is 125 g/mol. The third-order valence-electron chi connectivity index (χ3n) is 1.30. The summed E-state index contributed by atoms with van der Waals surface area (Å²) in [5.74, 6) is 2.42. The first-order valence-electron chi connectivity index (χ1n) is 2.77. The Morgan fingerprint density at radius 2 is 2.44 bits per heavy atom. The predicted molar refractivity (Wildman–Crippen MR) is 37.0 cm³/mol. The molecule has 2 nitrogen and oxygen atoms in total. The van der Waals surface area contributed by atoms with Gasteiger partial charge in [-0.05, 0) is 14.0 Å². The minimum atomic E-state index is -0.533. The zero-order valence-corrected chi connectivity index (χ0v) is 5.77. The molecule has 0 aliphatic rings. The zero-order valence-electron chi connectivity index (χ0n) is 5.77. The van der Waals surface area contributed by atoms with Crippen LogP contribution in [0.2, 0.25) is 0 Å². The molecule has 50 valence electrons. The highest BCUT2D eigenvalue weighted by Crippen LogP contribution is 2.01. The molecule has 2 heteroatoms. The van der Waals surface area contributed by atoms with Crippen LogP contribution in [0.5, 0.6) is 0 Å². The van der Waals surface area contributed by atoms with Crippen LogP contribution in [0.15, 0.2) is 0 Å². The molecule has 0 rings (SSSR count). The summed E-state index contributed by atoms with van der Waals surface area (Å²) in [6.07, 6.45) is 6.28. The summed E-state index contributed by atoms with van der Waals surface area (Å²) in [5, 5.41) is 2.82. The molecule has 0 amide bonds. The Morgan fingerprint density at radius 3 is 2.56 bits per heavy atom. The third-order valence-corrected chi connectivity index (χ3v) is 1.30. The Balaban J connectivity index is 3.95. The van der Waals surface area contributed by atoms with Crippen molar-refractivity contribution in [3.8, 4) is 12.3 Å². The first-order valence-corrected chi connectivity index (χ1v) is 2.77. The van der Waals surface area contributed by atoms with Crippen molar-refractivity contribution in [3.63, 3.8) is 0 Å². The van der Waals surface area contributed by atoms with Crippen LogP contribution in [0.4, 0.5) is 0 Å². The molecule has 0 saturated heterocycles. The first kappa shape index (κ1) is 8.19. The molecule has 0 heterocycles. The molecule has 0 aromatic heterocycles. The Hall–Kier alpha value is -0.810. The van der Waals surface area contributed by atoms with E-state index < -0.39 is 5.54 Å². The normalized spacial score (nSPS) is 15.7. The molecule has 1 N–H and O–H groups in total. The van der Waals surface area contributed by atoms with Gasteiger partial charge in [0.1, 0.15) is 6.29 Å². The van der Waals surface area contributed by atoms with Gasteiger partial charge in [-0.25, -0.2) is 0 Å². The minimum absolute atomic E-state index is 0.438. The summed E-state index contributed by atoms with van der Waals surface area (Å²) < 4.78 is 0. The average Bonchev–Trinajstić information content (AvgIpc) is 1.89. The lowest BCUT2D eigenvalue weighted by Crippen LogP contribution is -2.40. The van der Waals surface area contributed by atoms with E-state index in [9.17, 15) is 4.79 Å². The van der Waals surface area contributed by atoms with Gasteiger partial charge < -0.3 is 10.1 Å². The van der Waals surface area contributed by atoms with Gasteiger partial charge in [0.05, 0.1) is 5.54 Å². The van der Waals surface area contributed by atoms with Crippen LogP contribution in [0.25, 0.3) is 0 Å². The van der Waals surface area contributed by atoms with Crippen LogP contribution in [0, 0.1) is 12.3 Å². The van der Waals surface area contributed by atoms with Gasteiger partial charge in [-0.15, -0.1) is 12.3 Å². The predicted octanol–water partition coefficient (Wildman–Crippen LogP) is 0.187. The van der Waals surface area contributed by atoms with E-state index in [4.69, 9.17) is 6.42 Å². The number of terminal acetylenes is 1. The molecule has 0 fully saturated rings. The summed E-state index contributed by atoms with van der Waals surface area (Å²) >= 11 is 0. The third kappa shape index (κ3) is 2.29. The van der Waals surface area contributed by atoms with Crippen LogP contribution < -0.4 is 5.32 Å². The fraction of sp³-hybridized carbons (Fsp3) is 0.571. The summed E-state index contributed by atoms with van der Waals surface area (Å²) in [4.78, 5) is 10.3. The molecule has 0 aromatic rings. The molecule has 0 spiro atoms. The van der Waals surface area contributed by atoms with E-state index in [0.29, 0.717) is 6.42 Å². The molecule has 9 heavy (non-hydrogen) atoms. The first-order chi connectivity index (χ1) is 4.18. The van der Waals surface area contributed by atoms with E-state index in [1.807, 2.05) is 0 Å². The van der Waals surface area contributed by atoms with E-state index in [1.54, 1.807) is 14.0 Å². The van der Waals surface area contributed by atoms with E-state index in [2.05, 4.69) is 11.2 Å². The van der Waals surface area contributed by atoms with E-state index in [0.717, 1.165) is 6.29 Å². The molecule has 0 aromatic carbocycles. The lowest BCUT2D eigenvalue weighted by molar-refractivity contribution is -0.112. The van der Waals surface area contributed by atoms with Gasteiger partial charge in [0.25, 0.3) is 0 Å². The maximum absolute atomic E-state index is 10.3. The molecular formula is C7H11NO. The topological polar surface area (TPSA) is 29.1 Å². The molecule has 0 radical (unpaired) electrons. The van der Waals surface area contributed by atoms with Crippen LogP contribution >= 0.6 is 0 Å². The van der Waals surface area contributed by atoms with E-state index in [1.165, 1.54) is 0 Å². The maximum atomic E-state index is 10.3. The van der Waals surface area contributed by atoms with Crippen molar-refractivity contribution in [2.24, 2.45) is 0 Å². The van der Waals surface area contributed by atoms with Crippen molar-refractivity contribution >= 4 is 6.29 Å². The van der Waals surface area contributed by atoms with Gasteiger partial charge >= 0.3 is 0 Å². The van der Waals surface area contributed by atoms with Crippen molar-refractivity contribution in [2.45, 2.75) is 18.9 Å². The standard InChI is InChI=1S/C7H11NO/c1-4-5-7(2,6-9)8-3/h1,6,8H,5H2,2-3H3/t7-/m1/s1. The Bertz CT molecular complexity index is 136. The monoisotopic (exact) mass is 125 g/mol. The van der Waals surface area contributed by atoms with E-state index >= 15 is 0 Å². The lowest BCUT2D eigenvalue weighted by atomic mass is 10.0. The van der Waals surface area contributed by atoms with Crippen molar-refractivity contribution in [3.05, 3.63) is 0 Å². The lowest BCUT2D eigenvalue weighted by Gasteiger charge is -2.18. The molecule has 0 aliphatic carbocycles. The highest BCUT2D eigenvalue weighted by atomic mass is 16.1. The van der Waals surface area contributed by atoms with Gasteiger partial charge in [-0.3, -0.25) is 0 Å². The van der Waals surface area contributed by atoms with Gasteiger partial charge in [0.15, 0.2) is 0 Å². The quantitative estimate of drug-likeness (QED) is 0.431. The van der Waals surface area contributed by atoms with Crippen molar-refractivity contribution in [2.75, 3.05) is 7.05 Å². The van der Waals surface area contributed by atoms with Crippen molar-refractivity contribution < 1.29 is 4.79 Å². The van der Waals surface area contributed by atoms with Gasteiger partial charge in [-0.2, -0.15) is 0 Å². The number of likely N-dealkylation sites (N-methyl/N-ethyl adjacent to an activating group) is 1. The smallest absolute Gasteiger partial charge is 0.140 e. The maximum Gasteiger partial charge on any atom is 0.140 e. The van der Waals surface area contributed by atoms with Crippen molar-refractivity contribution in [1.82, 2.24) is 5.32 Å². The highest BCUT2D eigenvalue weighted by molar-refractivity contribution is 5.64. The van der Waals surface area contributed by atoms with Crippen LogP contribution in [-0.2, 0) is 4.79 Å². The Morgan fingerprint density at radius 1 is 1.89 bits per heavy atom. The number of hydrogen-bond acceptors (Lipinski definition) is 2. The molecule has 0 unspecified atom stereocenters. The fourth-order valence-electron chi connectivity index (χ4n) is 0.401.